The average Bonchev–Trinajstić information content (AvgIpc) is 3.12. The number of hydrogen-bond donors (Lipinski definition) is 0. The number of amides is 1. The van der Waals surface area contributed by atoms with Gasteiger partial charge in [0.05, 0.1) is 34.2 Å². The Bertz CT molecular complexity index is 1100. The molecule has 0 radical (unpaired) electrons. The molecule has 11 heteroatoms. The molecule has 2 saturated heterocycles. The number of carbonyl (C=O) groups excluding carboxylic acids is 1. The van der Waals surface area contributed by atoms with Crippen LogP contribution < -0.4 is 13.9 Å². The average molecular weight is 485 g/mol. The normalized spacial score (nSPS) is 18.4. The molecule has 0 spiro atoms. The van der Waals surface area contributed by atoms with Crippen molar-refractivity contribution in [2.24, 2.45) is 0 Å². The second kappa shape index (κ2) is 8.72. The highest BCUT2D eigenvalue weighted by atomic mass is 35.5. The Hall–Kier alpha value is -2.23. The number of rotatable bonds is 4. The van der Waals surface area contributed by atoms with Gasteiger partial charge in [0.25, 0.3) is 5.91 Å². The van der Waals surface area contributed by atoms with Crippen LogP contribution >= 0.6 is 23.2 Å². The summed E-state index contributed by atoms with van der Waals surface area (Å²) in [6.07, 6.45) is 2.13. The van der Waals surface area contributed by atoms with Crippen molar-refractivity contribution in [3.05, 3.63) is 46.1 Å². The lowest BCUT2D eigenvalue weighted by atomic mass is 10.1. The van der Waals surface area contributed by atoms with Crippen LogP contribution in [0.15, 0.2) is 30.5 Å². The van der Waals surface area contributed by atoms with E-state index in [-0.39, 0.29) is 11.7 Å². The summed E-state index contributed by atoms with van der Waals surface area (Å²) < 4.78 is 31.2. The molecule has 3 heterocycles. The Balaban J connectivity index is 1.48. The van der Waals surface area contributed by atoms with Crippen molar-refractivity contribution in [2.75, 3.05) is 54.8 Å². The molecule has 166 valence electrons. The molecule has 1 aromatic carbocycles. The standard InChI is InChI=1S/C20H22Cl2N4O4S/c1-30-18-12-15(26-5-2-10-31(26,28)29)3-4-16(18)20(27)25-8-6-24(7-9-25)19-17(22)11-14(21)13-23-19/h3-4,11-13H,2,5-10H2,1H3. The van der Waals surface area contributed by atoms with Crippen molar-refractivity contribution in [3.63, 3.8) is 0 Å². The molecule has 31 heavy (non-hydrogen) atoms. The zero-order valence-electron chi connectivity index (χ0n) is 16.9. The molecule has 0 atom stereocenters. The molecule has 0 aliphatic carbocycles. The lowest BCUT2D eigenvalue weighted by Gasteiger charge is -2.36. The zero-order chi connectivity index (χ0) is 22.2. The number of methoxy groups -OCH3 is 1. The van der Waals surface area contributed by atoms with Gasteiger partial charge >= 0.3 is 0 Å². The number of carbonyl (C=O) groups is 1. The maximum absolute atomic E-state index is 13.1. The van der Waals surface area contributed by atoms with E-state index in [1.807, 2.05) is 4.90 Å². The lowest BCUT2D eigenvalue weighted by Crippen LogP contribution is -2.49. The fraction of sp³-hybridized carbons (Fsp3) is 0.400. The number of benzene rings is 1. The van der Waals surface area contributed by atoms with Crippen molar-refractivity contribution >= 4 is 50.6 Å². The Kier molecular flexibility index (Phi) is 6.18. The number of pyridine rings is 1. The first-order valence-corrected chi connectivity index (χ1v) is 12.2. The molecule has 4 rings (SSSR count). The van der Waals surface area contributed by atoms with Crippen LogP contribution in [-0.4, -0.2) is 69.8 Å². The fourth-order valence-electron chi connectivity index (χ4n) is 3.87. The van der Waals surface area contributed by atoms with Crippen LogP contribution in [0, 0.1) is 0 Å². The number of nitrogens with zero attached hydrogens (tertiary/aromatic N) is 4. The second-order valence-corrected chi connectivity index (χ2v) is 10.2. The number of piperazine rings is 1. The van der Waals surface area contributed by atoms with E-state index in [1.165, 1.54) is 11.4 Å². The van der Waals surface area contributed by atoms with E-state index in [0.29, 0.717) is 72.0 Å². The van der Waals surface area contributed by atoms with E-state index >= 15 is 0 Å². The maximum Gasteiger partial charge on any atom is 0.257 e. The van der Waals surface area contributed by atoms with Crippen molar-refractivity contribution < 1.29 is 17.9 Å². The van der Waals surface area contributed by atoms with Crippen LogP contribution in [-0.2, 0) is 10.0 Å². The zero-order valence-corrected chi connectivity index (χ0v) is 19.3. The Morgan fingerprint density at radius 3 is 2.45 bits per heavy atom. The summed E-state index contributed by atoms with van der Waals surface area (Å²) in [6, 6.07) is 6.56. The number of anilines is 2. The molecule has 0 N–H and O–H groups in total. The monoisotopic (exact) mass is 484 g/mol. The van der Waals surface area contributed by atoms with E-state index in [0.717, 1.165) is 0 Å². The van der Waals surface area contributed by atoms with Crippen molar-refractivity contribution in [2.45, 2.75) is 6.42 Å². The first-order chi connectivity index (χ1) is 14.8. The van der Waals surface area contributed by atoms with Crippen LogP contribution in [0.2, 0.25) is 10.0 Å². The molecule has 8 nitrogen and oxygen atoms in total. The predicted molar refractivity (Wildman–Crippen MR) is 121 cm³/mol. The molecule has 0 bridgehead atoms. The quantitative estimate of drug-likeness (QED) is 0.663. The molecule has 1 amide bonds. The number of hydrogen-bond acceptors (Lipinski definition) is 6. The van der Waals surface area contributed by atoms with Crippen molar-refractivity contribution in [1.82, 2.24) is 9.88 Å². The van der Waals surface area contributed by atoms with Gasteiger partial charge < -0.3 is 14.5 Å². The minimum Gasteiger partial charge on any atom is -0.496 e. The molecule has 0 saturated carbocycles. The molecular formula is C20H22Cl2N4O4S. The minimum absolute atomic E-state index is 0.132. The third kappa shape index (κ3) is 4.40. The van der Waals surface area contributed by atoms with Crippen molar-refractivity contribution in [1.29, 1.82) is 0 Å². The number of halogens is 2. The third-order valence-electron chi connectivity index (χ3n) is 5.46. The molecule has 0 unspecified atom stereocenters. The van der Waals surface area contributed by atoms with E-state index < -0.39 is 10.0 Å². The van der Waals surface area contributed by atoms with Crippen molar-refractivity contribution in [3.8, 4) is 5.75 Å². The van der Waals surface area contributed by atoms with Gasteiger partial charge in [-0.15, -0.1) is 0 Å². The summed E-state index contributed by atoms with van der Waals surface area (Å²) in [6.45, 7) is 2.57. The van der Waals surface area contributed by atoms with Gasteiger partial charge in [0.2, 0.25) is 10.0 Å². The molecular weight excluding hydrogens is 463 g/mol. The first-order valence-electron chi connectivity index (χ1n) is 9.84. The van der Waals surface area contributed by atoms with Crippen LogP contribution in [0.3, 0.4) is 0 Å². The van der Waals surface area contributed by atoms with E-state index in [1.54, 1.807) is 35.4 Å². The highest BCUT2D eigenvalue weighted by molar-refractivity contribution is 7.93. The van der Waals surface area contributed by atoms with Gasteiger partial charge in [0.1, 0.15) is 11.6 Å². The minimum atomic E-state index is -3.31. The molecule has 2 aliphatic heterocycles. The molecule has 2 aliphatic rings. The van der Waals surface area contributed by atoms with Gasteiger partial charge in [-0.1, -0.05) is 23.2 Å². The van der Waals surface area contributed by atoms with E-state index in [2.05, 4.69) is 4.98 Å². The number of sulfonamides is 1. The summed E-state index contributed by atoms with van der Waals surface area (Å²) in [7, 11) is -1.83. The topological polar surface area (TPSA) is 83.0 Å². The Morgan fingerprint density at radius 2 is 1.84 bits per heavy atom. The van der Waals surface area contributed by atoms with E-state index in [4.69, 9.17) is 27.9 Å². The third-order valence-corrected chi connectivity index (χ3v) is 7.81. The number of aromatic nitrogens is 1. The van der Waals surface area contributed by atoms with Gasteiger partial charge in [0.15, 0.2) is 0 Å². The summed E-state index contributed by atoms with van der Waals surface area (Å²) in [5.74, 6) is 0.969. The SMILES string of the molecule is COc1cc(N2CCCS2(=O)=O)ccc1C(=O)N1CCN(c2ncc(Cl)cc2Cl)CC1. The number of ether oxygens (including phenoxy) is 1. The maximum atomic E-state index is 13.1. The Morgan fingerprint density at radius 1 is 1.10 bits per heavy atom. The van der Waals surface area contributed by atoms with Crippen LogP contribution in [0.1, 0.15) is 16.8 Å². The molecule has 2 aromatic rings. The van der Waals surface area contributed by atoms with Crippen LogP contribution in [0.4, 0.5) is 11.5 Å². The molecule has 1 aromatic heterocycles. The first kappa shape index (κ1) is 22.0. The van der Waals surface area contributed by atoms with Crippen LogP contribution in [0.25, 0.3) is 0 Å². The summed E-state index contributed by atoms with van der Waals surface area (Å²) >= 11 is 12.2. The summed E-state index contributed by atoms with van der Waals surface area (Å²) in [4.78, 5) is 21.2. The van der Waals surface area contributed by atoms with Gasteiger partial charge in [-0.05, 0) is 24.6 Å². The lowest BCUT2D eigenvalue weighted by molar-refractivity contribution is 0.0743. The Labute approximate surface area is 191 Å². The highest BCUT2D eigenvalue weighted by Gasteiger charge is 2.30. The van der Waals surface area contributed by atoms with Gasteiger partial charge in [-0.3, -0.25) is 9.10 Å². The van der Waals surface area contributed by atoms with Gasteiger partial charge in [-0.2, -0.15) is 0 Å². The highest BCUT2D eigenvalue weighted by Crippen LogP contribution is 2.31. The van der Waals surface area contributed by atoms with Gasteiger partial charge in [-0.25, -0.2) is 13.4 Å². The smallest absolute Gasteiger partial charge is 0.257 e. The molecule has 2 fully saturated rings. The van der Waals surface area contributed by atoms with Gasteiger partial charge in [0, 0.05) is 45.0 Å². The second-order valence-electron chi connectivity index (χ2n) is 7.36. The largest absolute Gasteiger partial charge is 0.496 e. The van der Waals surface area contributed by atoms with E-state index in [9.17, 15) is 13.2 Å². The summed E-state index contributed by atoms with van der Waals surface area (Å²) in [5, 5.41) is 0.946. The fourth-order valence-corrected chi connectivity index (χ4v) is 5.93. The predicted octanol–water partition coefficient (Wildman–Crippen LogP) is 2.90. The summed E-state index contributed by atoms with van der Waals surface area (Å²) in [5.41, 5.74) is 0.915. The van der Waals surface area contributed by atoms with Crippen LogP contribution in [0.5, 0.6) is 5.75 Å².